The fourth-order valence-corrected chi connectivity index (χ4v) is 1.33. The maximum absolute atomic E-state index is 10.5. The van der Waals surface area contributed by atoms with Gasteiger partial charge in [0.25, 0.3) is 0 Å². The van der Waals surface area contributed by atoms with E-state index in [0.717, 1.165) is 5.69 Å². The summed E-state index contributed by atoms with van der Waals surface area (Å²) in [5.41, 5.74) is 1.21. The van der Waals surface area contributed by atoms with Gasteiger partial charge < -0.3 is 10.1 Å². The molecule has 0 saturated carbocycles. The highest BCUT2D eigenvalue weighted by Crippen LogP contribution is 2.25. The summed E-state index contributed by atoms with van der Waals surface area (Å²) in [7, 11) is 1.59. The first kappa shape index (κ1) is 11.1. The van der Waals surface area contributed by atoms with Gasteiger partial charge in [0.05, 0.1) is 18.4 Å². The van der Waals surface area contributed by atoms with Gasteiger partial charge in [0.15, 0.2) is 6.29 Å². The van der Waals surface area contributed by atoms with Crippen LogP contribution in [-0.2, 0) is 0 Å². The quantitative estimate of drug-likeness (QED) is 0.813. The van der Waals surface area contributed by atoms with Crippen LogP contribution < -0.4 is 10.1 Å². The second kappa shape index (κ2) is 5.07. The Kier molecular flexibility index (Phi) is 3.30. The van der Waals surface area contributed by atoms with Crippen molar-refractivity contribution in [3.05, 3.63) is 42.2 Å². The minimum Gasteiger partial charge on any atom is -0.495 e. The van der Waals surface area contributed by atoms with E-state index in [1.54, 1.807) is 7.11 Å². The summed E-state index contributed by atoms with van der Waals surface area (Å²) in [6.45, 7) is 0. The molecule has 17 heavy (non-hydrogen) atoms. The van der Waals surface area contributed by atoms with Gasteiger partial charge in [-0.2, -0.15) is 0 Å². The molecule has 2 rings (SSSR count). The Hall–Kier alpha value is -2.43. The van der Waals surface area contributed by atoms with Crippen LogP contribution in [0, 0.1) is 0 Å². The molecule has 0 fully saturated rings. The van der Waals surface area contributed by atoms with Crippen LogP contribution >= 0.6 is 0 Å². The first-order chi connectivity index (χ1) is 8.33. The van der Waals surface area contributed by atoms with Gasteiger partial charge in [-0.1, -0.05) is 12.1 Å². The van der Waals surface area contributed by atoms with E-state index >= 15 is 0 Å². The Morgan fingerprint density at radius 3 is 2.59 bits per heavy atom. The van der Waals surface area contributed by atoms with Crippen LogP contribution in [0.1, 0.15) is 10.4 Å². The Bertz CT molecular complexity index is 511. The second-order valence-electron chi connectivity index (χ2n) is 3.28. The van der Waals surface area contributed by atoms with Gasteiger partial charge in [-0.15, -0.1) is 0 Å². The SMILES string of the molecule is COc1ccccc1Nc1ncc(C=O)cn1. The number of benzene rings is 1. The normalized spacial score (nSPS) is 9.71. The van der Waals surface area contributed by atoms with Crippen LogP contribution in [0.15, 0.2) is 36.7 Å². The van der Waals surface area contributed by atoms with Crippen LogP contribution in [0.2, 0.25) is 0 Å². The Morgan fingerprint density at radius 1 is 1.24 bits per heavy atom. The average Bonchev–Trinajstić information content (AvgIpc) is 2.40. The van der Waals surface area contributed by atoms with E-state index in [-0.39, 0.29) is 0 Å². The third-order valence-corrected chi connectivity index (χ3v) is 2.16. The molecule has 1 heterocycles. The minimum atomic E-state index is 0.417. The molecular weight excluding hydrogens is 218 g/mol. The molecule has 1 aromatic heterocycles. The zero-order valence-corrected chi connectivity index (χ0v) is 9.25. The number of para-hydroxylation sites is 2. The lowest BCUT2D eigenvalue weighted by Gasteiger charge is -2.08. The maximum Gasteiger partial charge on any atom is 0.227 e. The van der Waals surface area contributed by atoms with E-state index in [1.165, 1.54) is 12.4 Å². The molecule has 0 amide bonds. The monoisotopic (exact) mass is 229 g/mol. The zero-order chi connectivity index (χ0) is 12.1. The topological polar surface area (TPSA) is 64.1 Å². The van der Waals surface area contributed by atoms with Crippen molar-refractivity contribution in [1.82, 2.24) is 9.97 Å². The molecule has 0 aliphatic heterocycles. The van der Waals surface area contributed by atoms with Crippen LogP contribution in [-0.4, -0.2) is 23.4 Å². The molecule has 2 aromatic rings. The van der Waals surface area contributed by atoms with E-state index in [4.69, 9.17) is 4.74 Å². The molecule has 0 radical (unpaired) electrons. The predicted molar refractivity (Wildman–Crippen MR) is 63.7 cm³/mol. The van der Waals surface area contributed by atoms with Gasteiger partial charge in [-0.25, -0.2) is 9.97 Å². The summed E-state index contributed by atoms with van der Waals surface area (Å²) in [5, 5.41) is 3.01. The molecule has 0 spiro atoms. The van der Waals surface area contributed by atoms with E-state index in [0.29, 0.717) is 23.5 Å². The van der Waals surface area contributed by atoms with Crippen molar-refractivity contribution in [2.75, 3.05) is 12.4 Å². The average molecular weight is 229 g/mol. The molecule has 0 atom stereocenters. The number of carbonyl (C=O) groups is 1. The van der Waals surface area contributed by atoms with Gasteiger partial charge >= 0.3 is 0 Å². The number of anilines is 2. The summed E-state index contributed by atoms with van der Waals surface area (Å²) in [5.74, 6) is 1.12. The molecule has 5 heteroatoms. The highest BCUT2D eigenvalue weighted by molar-refractivity contribution is 5.73. The first-order valence-electron chi connectivity index (χ1n) is 5.01. The van der Waals surface area contributed by atoms with E-state index in [9.17, 15) is 4.79 Å². The third-order valence-electron chi connectivity index (χ3n) is 2.16. The second-order valence-corrected chi connectivity index (χ2v) is 3.28. The van der Waals surface area contributed by atoms with Gasteiger partial charge in [-0.3, -0.25) is 4.79 Å². The maximum atomic E-state index is 10.5. The predicted octanol–water partition coefficient (Wildman–Crippen LogP) is 2.04. The smallest absolute Gasteiger partial charge is 0.227 e. The number of methoxy groups -OCH3 is 1. The summed E-state index contributed by atoms with van der Waals surface area (Å²) in [4.78, 5) is 18.5. The molecule has 0 bridgehead atoms. The fraction of sp³-hybridized carbons (Fsp3) is 0.0833. The van der Waals surface area contributed by atoms with Crippen LogP contribution in [0.3, 0.4) is 0 Å². The Labute approximate surface area is 98.5 Å². The van der Waals surface area contributed by atoms with Gasteiger partial charge in [-0.05, 0) is 12.1 Å². The highest BCUT2D eigenvalue weighted by Gasteiger charge is 2.03. The summed E-state index contributed by atoms with van der Waals surface area (Å²) in [6, 6.07) is 7.45. The molecule has 5 nitrogen and oxygen atoms in total. The van der Waals surface area contributed by atoms with E-state index < -0.39 is 0 Å². The van der Waals surface area contributed by atoms with Crippen molar-refractivity contribution < 1.29 is 9.53 Å². The zero-order valence-electron chi connectivity index (χ0n) is 9.25. The standard InChI is InChI=1S/C12H11N3O2/c1-17-11-5-3-2-4-10(11)15-12-13-6-9(8-16)7-14-12/h2-8H,1H3,(H,13,14,15). The number of aldehydes is 1. The largest absolute Gasteiger partial charge is 0.495 e. The number of hydrogen-bond acceptors (Lipinski definition) is 5. The summed E-state index contributed by atoms with van der Waals surface area (Å²) < 4.78 is 5.19. The van der Waals surface area contributed by atoms with Crippen molar-refractivity contribution in [1.29, 1.82) is 0 Å². The summed E-state index contributed by atoms with van der Waals surface area (Å²) >= 11 is 0. The number of nitrogens with zero attached hydrogens (tertiary/aromatic N) is 2. The highest BCUT2D eigenvalue weighted by atomic mass is 16.5. The number of hydrogen-bond donors (Lipinski definition) is 1. The molecule has 0 unspecified atom stereocenters. The molecule has 0 aliphatic rings. The van der Waals surface area contributed by atoms with E-state index in [2.05, 4.69) is 15.3 Å². The van der Waals surface area contributed by atoms with Crippen molar-refractivity contribution >= 4 is 17.9 Å². The lowest BCUT2D eigenvalue weighted by Crippen LogP contribution is -1.99. The molecule has 0 aliphatic carbocycles. The number of rotatable bonds is 4. The van der Waals surface area contributed by atoms with Crippen molar-refractivity contribution in [3.63, 3.8) is 0 Å². The Morgan fingerprint density at radius 2 is 1.94 bits per heavy atom. The van der Waals surface area contributed by atoms with Crippen LogP contribution in [0.5, 0.6) is 5.75 Å². The van der Waals surface area contributed by atoms with Crippen molar-refractivity contribution in [2.45, 2.75) is 0 Å². The third kappa shape index (κ3) is 2.57. The molecule has 1 N–H and O–H groups in total. The molecule has 86 valence electrons. The molecular formula is C12H11N3O2. The minimum absolute atomic E-state index is 0.417. The Balaban J connectivity index is 2.21. The molecule has 1 aromatic carbocycles. The lowest BCUT2D eigenvalue weighted by atomic mass is 10.3. The van der Waals surface area contributed by atoms with Crippen LogP contribution in [0.4, 0.5) is 11.6 Å². The first-order valence-corrected chi connectivity index (χ1v) is 5.01. The number of ether oxygens (including phenoxy) is 1. The van der Waals surface area contributed by atoms with Crippen molar-refractivity contribution in [2.24, 2.45) is 0 Å². The fourth-order valence-electron chi connectivity index (χ4n) is 1.33. The number of carbonyl (C=O) groups excluding carboxylic acids is 1. The van der Waals surface area contributed by atoms with Crippen LogP contribution in [0.25, 0.3) is 0 Å². The van der Waals surface area contributed by atoms with Crippen molar-refractivity contribution in [3.8, 4) is 5.75 Å². The number of aromatic nitrogens is 2. The van der Waals surface area contributed by atoms with Gasteiger partial charge in [0, 0.05) is 12.4 Å². The number of nitrogens with one attached hydrogen (secondary N) is 1. The van der Waals surface area contributed by atoms with E-state index in [1.807, 2.05) is 24.3 Å². The van der Waals surface area contributed by atoms with Gasteiger partial charge in [0.2, 0.25) is 5.95 Å². The lowest BCUT2D eigenvalue weighted by molar-refractivity contribution is 0.112. The summed E-state index contributed by atoms with van der Waals surface area (Å²) in [6.07, 6.45) is 3.61. The van der Waals surface area contributed by atoms with Gasteiger partial charge in [0.1, 0.15) is 5.75 Å². The molecule has 0 saturated heterocycles.